The van der Waals surface area contributed by atoms with Gasteiger partial charge in [0, 0.05) is 12.6 Å². The highest BCUT2D eigenvalue weighted by atomic mass is 32.1. The molecule has 1 aromatic rings. The maximum Gasteiger partial charge on any atom is 0.227 e. The summed E-state index contributed by atoms with van der Waals surface area (Å²) in [6, 6.07) is 4.19. The van der Waals surface area contributed by atoms with Crippen LogP contribution in [0.25, 0.3) is 0 Å². The van der Waals surface area contributed by atoms with Crippen molar-refractivity contribution in [3.8, 4) is 6.07 Å². The fourth-order valence-electron chi connectivity index (χ4n) is 1.51. The van der Waals surface area contributed by atoms with Gasteiger partial charge in [0.15, 0.2) is 0 Å². The van der Waals surface area contributed by atoms with E-state index in [2.05, 4.69) is 6.07 Å². The van der Waals surface area contributed by atoms with E-state index in [0.29, 0.717) is 19.4 Å². The summed E-state index contributed by atoms with van der Waals surface area (Å²) >= 11 is 1.60. The van der Waals surface area contributed by atoms with Crippen LogP contribution in [0.2, 0.25) is 0 Å². The van der Waals surface area contributed by atoms with Gasteiger partial charge in [-0.25, -0.2) is 0 Å². The number of amides is 1. The molecule has 0 aliphatic carbocycles. The van der Waals surface area contributed by atoms with E-state index in [1.165, 1.54) is 0 Å². The van der Waals surface area contributed by atoms with Crippen LogP contribution in [-0.2, 0) is 11.2 Å². The lowest BCUT2D eigenvalue weighted by Gasteiger charge is -2.25. The molecule has 0 radical (unpaired) electrons. The first kappa shape index (κ1) is 12.7. The molecule has 0 unspecified atom stereocenters. The van der Waals surface area contributed by atoms with Crippen molar-refractivity contribution in [2.24, 2.45) is 0 Å². The Hall–Kier alpha value is -1.34. The second-order valence-corrected chi connectivity index (χ2v) is 4.68. The highest BCUT2D eigenvalue weighted by Gasteiger charge is 2.16. The Kier molecular flexibility index (Phi) is 5.00. The molecule has 0 saturated carbocycles. The molecule has 0 fully saturated rings. The van der Waals surface area contributed by atoms with E-state index in [1.807, 2.05) is 30.7 Å². The van der Waals surface area contributed by atoms with Gasteiger partial charge >= 0.3 is 0 Å². The van der Waals surface area contributed by atoms with Gasteiger partial charge in [0.1, 0.15) is 0 Å². The topological polar surface area (TPSA) is 44.1 Å². The predicted octanol–water partition coefficient (Wildman–Crippen LogP) is 2.44. The van der Waals surface area contributed by atoms with Gasteiger partial charge < -0.3 is 4.90 Å². The SMILES string of the molecule is CC(C)N(CCC#N)C(=O)Cc1ccsc1. The molecule has 0 bridgehead atoms. The average molecular weight is 236 g/mol. The van der Waals surface area contributed by atoms with Crippen LogP contribution < -0.4 is 0 Å². The van der Waals surface area contributed by atoms with Gasteiger partial charge in [-0.1, -0.05) is 0 Å². The Labute approximate surface area is 100 Å². The normalized spacial score (nSPS) is 10.1. The lowest BCUT2D eigenvalue weighted by atomic mass is 10.2. The van der Waals surface area contributed by atoms with E-state index in [1.54, 1.807) is 16.2 Å². The molecule has 0 aliphatic heterocycles. The number of hydrogen-bond donors (Lipinski definition) is 0. The van der Waals surface area contributed by atoms with Gasteiger partial charge in [0.05, 0.1) is 18.9 Å². The summed E-state index contributed by atoms with van der Waals surface area (Å²) in [6.45, 7) is 4.48. The van der Waals surface area contributed by atoms with E-state index in [-0.39, 0.29) is 11.9 Å². The molecule has 1 amide bonds. The number of hydrogen-bond acceptors (Lipinski definition) is 3. The summed E-state index contributed by atoms with van der Waals surface area (Å²) in [4.78, 5) is 13.7. The van der Waals surface area contributed by atoms with Crippen LogP contribution in [0.15, 0.2) is 16.8 Å². The highest BCUT2D eigenvalue weighted by Crippen LogP contribution is 2.10. The summed E-state index contributed by atoms with van der Waals surface area (Å²) in [5.41, 5.74) is 1.05. The van der Waals surface area contributed by atoms with Crippen molar-refractivity contribution < 1.29 is 4.79 Å². The van der Waals surface area contributed by atoms with Crippen LogP contribution in [0.3, 0.4) is 0 Å². The molecule has 86 valence electrons. The molecule has 3 nitrogen and oxygen atoms in total. The van der Waals surface area contributed by atoms with E-state index in [4.69, 9.17) is 5.26 Å². The van der Waals surface area contributed by atoms with Crippen LogP contribution in [0.1, 0.15) is 25.8 Å². The Bertz CT molecular complexity index is 365. The second kappa shape index (κ2) is 6.29. The van der Waals surface area contributed by atoms with Crippen molar-refractivity contribution in [2.75, 3.05) is 6.54 Å². The van der Waals surface area contributed by atoms with Crippen molar-refractivity contribution >= 4 is 17.2 Å². The molecule has 0 aromatic carbocycles. The number of rotatable bonds is 5. The molecule has 0 aliphatic rings. The minimum Gasteiger partial charge on any atom is -0.339 e. The molecule has 0 atom stereocenters. The molecule has 16 heavy (non-hydrogen) atoms. The maximum atomic E-state index is 12.0. The second-order valence-electron chi connectivity index (χ2n) is 3.90. The third kappa shape index (κ3) is 3.67. The van der Waals surface area contributed by atoms with Crippen LogP contribution >= 0.6 is 11.3 Å². The van der Waals surface area contributed by atoms with Crippen molar-refractivity contribution in [2.45, 2.75) is 32.7 Å². The fourth-order valence-corrected chi connectivity index (χ4v) is 2.18. The minimum atomic E-state index is 0.101. The van der Waals surface area contributed by atoms with Crippen LogP contribution in [0.5, 0.6) is 0 Å². The Morgan fingerprint density at radius 1 is 1.62 bits per heavy atom. The van der Waals surface area contributed by atoms with E-state index >= 15 is 0 Å². The zero-order valence-corrected chi connectivity index (χ0v) is 10.5. The highest BCUT2D eigenvalue weighted by molar-refractivity contribution is 7.07. The van der Waals surface area contributed by atoms with Gasteiger partial charge in [-0.3, -0.25) is 4.79 Å². The molecule has 0 spiro atoms. The third-order valence-electron chi connectivity index (χ3n) is 2.34. The lowest BCUT2D eigenvalue weighted by molar-refractivity contribution is -0.132. The standard InChI is InChI=1S/C12H16N2OS/c1-10(2)14(6-3-5-13)12(15)8-11-4-7-16-9-11/h4,7,9-10H,3,6,8H2,1-2H3. The van der Waals surface area contributed by atoms with Crippen LogP contribution in [-0.4, -0.2) is 23.4 Å². The van der Waals surface area contributed by atoms with Gasteiger partial charge in [0.2, 0.25) is 5.91 Å². The van der Waals surface area contributed by atoms with E-state index in [9.17, 15) is 4.79 Å². The van der Waals surface area contributed by atoms with E-state index in [0.717, 1.165) is 5.56 Å². The zero-order valence-electron chi connectivity index (χ0n) is 9.64. The molecule has 1 aromatic heterocycles. The number of carbonyl (C=O) groups excluding carboxylic acids is 1. The molecule has 1 rings (SSSR count). The quantitative estimate of drug-likeness (QED) is 0.788. The Morgan fingerprint density at radius 2 is 2.38 bits per heavy atom. The molecule has 0 N–H and O–H groups in total. The monoisotopic (exact) mass is 236 g/mol. The molecular formula is C12H16N2OS. The Morgan fingerprint density at radius 3 is 2.88 bits per heavy atom. The smallest absolute Gasteiger partial charge is 0.227 e. The van der Waals surface area contributed by atoms with Crippen molar-refractivity contribution in [1.82, 2.24) is 4.90 Å². The first-order valence-corrected chi connectivity index (χ1v) is 6.27. The first-order chi connectivity index (χ1) is 7.65. The van der Waals surface area contributed by atoms with Crippen LogP contribution in [0.4, 0.5) is 0 Å². The average Bonchev–Trinajstić information content (AvgIpc) is 2.70. The molecule has 1 heterocycles. The lowest BCUT2D eigenvalue weighted by Crippen LogP contribution is -2.38. The number of carbonyl (C=O) groups is 1. The zero-order chi connectivity index (χ0) is 12.0. The predicted molar refractivity (Wildman–Crippen MR) is 65.1 cm³/mol. The third-order valence-corrected chi connectivity index (χ3v) is 3.08. The van der Waals surface area contributed by atoms with Gasteiger partial charge in [-0.2, -0.15) is 16.6 Å². The number of nitrogens with zero attached hydrogens (tertiary/aromatic N) is 2. The summed E-state index contributed by atoms with van der Waals surface area (Å²) in [6.07, 6.45) is 0.834. The van der Waals surface area contributed by atoms with Crippen molar-refractivity contribution in [3.05, 3.63) is 22.4 Å². The van der Waals surface area contributed by atoms with Crippen LogP contribution in [0, 0.1) is 11.3 Å². The van der Waals surface area contributed by atoms with E-state index < -0.39 is 0 Å². The van der Waals surface area contributed by atoms with Gasteiger partial charge in [-0.15, -0.1) is 0 Å². The fraction of sp³-hybridized carbons (Fsp3) is 0.500. The summed E-state index contributed by atoms with van der Waals surface area (Å²) < 4.78 is 0. The maximum absolute atomic E-state index is 12.0. The number of nitriles is 1. The first-order valence-electron chi connectivity index (χ1n) is 5.32. The molecular weight excluding hydrogens is 220 g/mol. The minimum absolute atomic E-state index is 0.101. The number of thiophene rings is 1. The summed E-state index contributed by atoms with van der Waals surface area (Å²) in [7, 11) is 0. The Balaban J connectivity index is 2.57. The molecule has 0 saturated heterocycles. The molecule has 4 heteroatoms. The summed E-state index contributed by atoms with van der Waals surface area (Å²) in [5.74, 6) is 0.101. The van der Waals surface area contributed by atoms with Crippen molar-refractivity contribution in [3.63, 3.8) is 0 Å². The van der Waals surface area contributed by atoms with Crippen molar-refractivity contribution in [1.29, 1.82) is 5.26 Å². The van der Waals surface area contributed by atoms with Gasteiger partial charge in [0.25, 0.3) is 0 Å². The van der Waals surface area contributed by atoms with Gasteiger partial charge in [-0.05, 0) is 36.2 Å². The summed E-state index contributed by atoms with van der Waals surface area (Å²) in [5, 5.41) is 12.5. The largest absolute Gasteiger partial charge is 0.339 e.